The molecular formula is C12H21N3O. The van der Waals surface area contributed by atoms with Gasteiger partial charge in [0.15, 0.2) is 0 Å². The van der Waals surface area contributed by atoms with E-state index >= 15 is 0 Å². The lowest BCUT2D eigenvalue weighted by molar-refractivity contribution is 0.127. The zero-order chi connectivity index (χ0) is 11.5. The zero-order valence-corrected chi connectivity index (χ0v) is 10.1. The SMILES string of the molecule is COC1=CC(N2CCN(C)CC2)CC=C1N. The molecule has 90 valence electrons. The van der Waals surface area contributed by atoms with Gasteiger partial charge in [0.05, 0.1) is 12.8 Å². The molecule has 1 unspecified atom stereocenters. The minimum absolute atomic E-state index is 0.455. The van der Waals surface area contributed by atoms with Crippen molar-refractivity contribution in [2.75, 3.05) is 40.3 Å². The van der Waals surface area contributed by atoms with Crippen LogP contribution in [0.4, 0.5) is 0 Å². The Morgan fingerprint density at radius 2 is 2.00 bits per heavy atom. The topological polar surface area (TPSA) is 41.7 Å². The molecule has 16 heavy (non-hydrogen) atoms. The van der Waals surface area contributed by atoms with Crippen LogP contribution in [0.5, 0.6) is 0 Å². The van der Waals surface area contributed by atoms with Crippen LogP contribution in [0.25, 0.3) is 0 Å². The molecule has 2 rings (SSSR count). The normalized spacial score (nSPS) is 28.5. The molecule has 0 radical (unpaired) electrons. The first-order valence-electron chi connectivity index (χ1n) is 5.85. The van der Waals surface area contributed by atoms with Crippen molar-refractivity contribution in [2.45, 2.75) is 12.5 Å². The number of ether oxygens (including phenoxy) is 1. The largest absolute Gasteiger partial charge is 0.495 e. The van der Waals surface area contributed by atoms with Crippen LogP contribution < -0.4 is 5.73 Å². The van der Waals surface area contributed by atoms with E-state index in [2.05, 4.69) is 29.0 Å². The summed E-state index contributed by atoms with van der Waals surface area (Å²) in [6.07, 6.45) is 5.23. The molecule has 1 atom stereocenters. The fraction of sp³-hybridized carbons (Fsp3) is 0.667. The van der Waals surface area contributed by atoms with Crippen molar-refractivity contribution in [3.8, 4) is 0 Å². The fourth-order valence-corrected chi connectivity index (χ4v) is 2.28. The summed E-state index contributed by atoms with van der Waals surface area (Å²) in [5.41, 5.74) is 6.62. The molecule has 0 aromatic carbocycles. The highest BCUT2D eigenvalue weighted by Crippen LogP contribution is 2.20. The van der Waals surface area contributed by atoms with E-state index < -0.39 is 0 Å². The van der Waals surface area contributed by atoms with Crippen LogP contribution in [0.1, 0.15) is 6.42 Å². The molecule has 0 spiro atoms. The third kappa shape index (κ3) is 2.39. The van der Waals surface area contributed by atoms with Gasteiger partial charge >= 0.3 is 0 Å². The van der Waals surface area contributed by atoms with Gasteiger partial charge in [0.2, 0.25) is 0 Å². The Balaban J connectivity index is 1.99. The number of likely N-dealkylation sites (N-methyl/N-ethyl adjacent to an activating group) is 1. The molecule has 0 amide bonds. The predicted octanol–water partition coefficient (Wildman–Crippen LogP) is 0.379. The van der Waals surface area contributed by atoms with E-state index in [0.29, 0.717) is 6.04 Å². The summed E-state index contributed by atoms with van der Waals surface area (Å²) in [6.45, 7) is 4.54. The standard InChI is InChI=1S/C12H21N3O/c1-14-5-7-15(8-6-14)10-3-4-11(13)12(9-10)16-2/h4,9-10H,3,5-8,13H2,1-2H3. The van der Waals surface area contributed by atoms with Gasteiger partial charge in [-0.25, -0.2) is 0 Å². The molecule has 1 fully saturated rings. The highest BCUT2D eigenvalue weighted by atomic mass is 16.5. The summed E-state index contributed by atoms with van der Waals surface area (Å²) >= 11 is 0. The number of hydrogen-bond acceptors (Lipinski definition) is 4. The van der Waals surface area contributed by atoms with E-state index in [-0.39, 0.29) is 0 Å². The van der Waals surface area contributed by atoms with Crippen LogP contribution in [-0.4, -0.2) is 56.2 Å². The van der Waals surface area contributed by atoms with Crippen LogP contribution in [0.2, 0.25) is 0 Å². The van der Waals surface area contributed by atoms with Crippen LogP contribution in [0.15, 0.2) is 23.6 Å². The van der Waals surface area contributed by atoms with Crippen LogP contribution in [-0.2, 0) is 4.74 Å². The summed E-state index contributed by atoms with van der Waals surface area (Å²) in [5, 5.41) is 0. The smallest absolute Gasteiger partial charge is 0.139 e. The molecule has 0 aromatic heterocycles. The van der Waals surface area contributed by atoms with E-state index in [1.165, 1.54) is 0 Å². The molecular weight excluding hydrogens is 202 g/mol. The van der Waals surface area contributed by atoms with Gasteiger partial charge in [0.1, 0.15) is 5.76 Å². The summed E-state index contributed by atoms with van der Waals surface area (Å²) in [5.74, 6) is 0.829. The van der Waals surface area contributed by atoms with Gasteiger partial charge in [-0.2, -0.15) is 0 Å². The Morgan fingerprint density at radius 3 is 2.62 bits per heavy atom. The van der Waals surface area contributed by atoms with Crippen molar-refractivity contribution in [3.05, 3.63) is 23.6 Å². The Hall–Kier alpha value is -1.00. The van der Waals surface area contributed by atoms with E-state index in [0.717, 1.165) is 44.1 Å². The highest BCUT2D eigenvalue weighted by molar-refractivity contribution is 5.29. The maximum Gasteiger partial charge on any atom is 0.139 e. The number of piperazine rings is 1. The Morgan fingerprint density at radius 1 is 1.31 bits per heavy atom. The van der Waals surface area contributed by atoms with Gasteiger partial charge in [-0.1, -0.05) is 6.08 Å². The Labute approximate surface area is 97.3 Å². The van der Waals surface area contributed by atoms with Crippen molar-refractivity contribution in [3.63, 3.8) is 0 Å². The molecule has 1 heterocycles. The lowest BCUT2D eigenvalue weighted by Crippen LogP contribution is -2.48. The van der Waals surface area contributed by atoms with Gasteiger partial charge in [0.25, 0.3) is 0 Å². The van der Waals surface area contributed by atoms with Gasteiger partial charge in [-0.15, -0.1) is 0 Å². The third-order valence-electron chi connectivity index (χ3n) is 3.43. The van der Waals surface area contributed by atoms with E-state index in [1.54, 1.807) is 7.11 Å². The first kappa shape index (κ1) is 11.5. The van der Waals surface area contributed by atoms with Crippen LogP contribution in [0.3, 0.4) is 0 Å². The van der Waals surface area contributed by atoms with Gasteiger partial charge in [0, 0.05) is 32.2 Å². The number of methoxy groups -OCH3 is 1. The molecule has 0 saturated carbocycles. The first-order valence-corrected chi connectivity index (χ1v) is 5.85. The Kier molecular flexibility index (Phi) is 3.51. The van der Waals surface area contributed by atoms with E-state index in [4.69, 9.17) is 10.5 Å². The third-order valence-corrected chi connectivity index (χ3v) is 3.43. The van der Waals surface area contributed by atoms with E-state index in [9.17, 15) is 0 Å². The zero-order valence-electron chi connectivity index (χ0n) is 10.1. The average Bonchev–Trinajstić information content (AvgIpc) is 2.31. The van der Waals surface area contributed by atoms with E-state index in [1.807, 2.05) is 0 Å². The molecule has 4 nitrogen and oxygen atoms in total. The van der Waals surface area contributed by atoms with Gasteiger partial charge in [-0.3, -0.25) is 4.90 Å². The number of nitrogens with zero attached hydrogens (tertiary/aromatic N) is 2. The van der Waals surface area contributed by atoms with Crippen molar-refractivity contribution in [1.29, 1.82) is 0 Å². The number of rotatable bonds is 2. The van der Waals surface area contributed by atoms with Crippen molar-refractivity contribution in [1.82, 2.24) is 9.80 Å². The van der Waals surface area contributed by atoms with Crippen molar-refractivity contribution >= 4 is 0 Å². The summed E-state index contributed by atoms with van der Waals surface area (Å²) in [4.78, 5) is 4.87. The second-order valence-electron chi connectivity index (χ2n) is 4.54. The maximum absolute atomic E-state index is 5.84. The molecule has 4 heteroatoms. The predicted molar refractivity (Wildman–Crippen MR) is 64.8 cm³/mol. The summed E-state index contributed by atoms with van der Waals surface area (Å²) < 4.78 is 5.28. The fourth-order valence-electron chi connectivity index (χ4n) is 2.28. The first-order chi connectivity index (χ1) is 7.70. The summed E-state index contributed by atoms with van der Waals surface area (Å²) in [6, 6.07) is 0.455. The molecule has 1 saturated heterocycles. The second-order valence-corrected chi connectivity index (χ2v) is 4.54. The van der Waals surface area contributed by atoms with Crippen LogP contribution >= 0.6 is 0 Å². The average molecular weight is 223 g/mol. The van der Waals surface area contributed by atoms with Gasteiger partial charge < -0.3 is 15.4 Å². The lowest BCUT2D eigenvalue weighted by Gasteiger charge is -2.37. The lowest BCUT2D eigenvalue weighted by atomic mass is 10.0. The monoisotopic (exact) mass is 223 g/mol. The van der Waals surface area contributed by atoms with Crippen molar-refractivity contribution in [2.24, 2.45) is 5.73 Å². The molecule has 0 aromatic rings. The van der Waals surface area contributed by atoms with Gasteiger partial charge in [-0.05, 0) is 19.5 Å². The van der Waals surface area contributed by atoms with Crippen LogP contribution in [0, 0.1) is 0 Å². The number of nitrogens with two attached hydrogens (primary N) is 1. The van der Waals surface area contributed by atoms with Crippen molar-refractivity contribution < 1.29 is 4.74 Å². The Bertz CT molecular complexity index is 303. The molecule has 2 aliphatic rings. The minimum Gasteiger partial charge on any atom is -0.495 e. The second kappa shape index (κ2) is 4.89. The molecule has 2 N–H and O–H groups in total. The minimum atomic E-state index is 0.455. The molecule has 0 bridgehead atoms. The maximum atomic E-state index is 5.84. The quantitative estimate of drug-likeness (QED) is 0.735. The highest BCUT2D eigenvalue weighted by Gasteiger charge is 2.23. The molecule has 1 aliphatic carbocycles. The molecule has 1 aliphatic heterocycles. The summed E-state index contributed by atoms with van der Waals surface area (Å²) in [7, 11) is 3.85. The number of hydrogen-bond donors (Lipinski definition) is 1.